The summed E-state index contributed by atoms with van der Waals surface area (Å²) in [4.78, 5) is 4.54. The fourth-order valence-electron chi connectivity index (χ4n) is 3.89. The molecule has 30 heavy (non-hydrogen) atoms. The van der Waals surface area contributed by atoms with Crippen molar-refractivity contribution in [3.8, 4) is 11.5 Å². The zero-order valence-corrected chi connectivity index (χ0v) is 17.2. The lowest BCUT2D eigenvalue weighted by atomic mass is 9.80. The zero-order valence-electron chi connectivity index (χ0n) is 17.2. The number of hydrogen-bond acceptors (Lipinski definition) is 4. The van der Waals surface area contributed by atoms with Crippen LogP contribution in [0.1, 0.15) is 30.7 Å². The minimum absolute atomic E-state index is 0.443. The number of aromatic nitrogens is 1. The monoisotopic (exact) mass is 399 g/mol. The third kappa shape index (κ3) is 3.40. The smallest absolute Gasteiger partial charge is 0.168 e. The zero-order chi connectivity index (χ0) is 21.0. The third-order valence-corrected chi connectivity index (χ3v) is 5.15. The van der Waals surface area contributed by atoms with Gasteiger partial charge in [0, 0.05) is 11.8 Å². The van der Waals surface area contributed by atoms with Gasteiger partial charge in [-0.2, -0.15) is 0 Å². The molecular formula is C26H25NO3. The fourth-order valence-corrected chi connectivity index (χ4v) is 3.89. The maximum atomic E-state index is 12.4. The Labute approximate surface area is 176 Å². The molecule has 4 heteroatoms. The summed E-state index contributed by atoms with van der Waals surface area (Å²) in [5.41, 5.74) is 0.343. The molecule has 0 fully saturated rings. The molecule has 0 unspecified atom stereocenters. The molecule has 0 saturated carbocycles. The maximum Gasteiger partial charge on any atom is 0.168 e. The number of benzene rings is 3. The Balaban J connectivity index is 2.16. The van der Waals surface area contributed by atoms with Crippen LogP contribution in [0.4, 0.5) is 0 Å². The van der Waals surface area contributed by atoms with E-state index >= 15 is 0 Å². The van der Waals surface area contributed by atoms with Crippen LogP contribution in [0.2, 0.25) is 0 Å². The summed E-state index contributed by atoms with van der Waals surface area (Å²) < 4.78 is 12.1. The van der Waals surface area contributed by atoms with E-state index in [2.05, 4.69) is 4.98 Å². The molecular weight excluding hydrogens is 374 g/mol. The number of nitrogens with zero attached hydrogens (tertiary/aromatic N) is 1. The van der Waals surface area contributed by atoms with Crippen molar-refractivity contribution in [3.05, 3.63) is 102 Å². The Bertz CT molecular complexity index is 1090. The van der Waals surface area contributed by atoms with Gasteiger partial charge in [-0.15, -0.1) is 0 Å². The molecule has 0 aliphatic heterocycles. The van der Waals surface area contributed by atoms with E-state index in [4.69, 9.17) is 9.47 Å². The van der Waals surface area contributed by atoms with Gasteiger partial charge in [-0.05, 0) is 48.4 Å². The Hall–Kier alpha value is -3.37. The molecule has 1 aromatic heterocycles. The van der Waals surface area contributed by atoms with Gasteiger partial charge in [0.15, 0.2) is 17.1 Å². The number of ether oxygens (including phenoxy) is 2. The Morgan fingerprint density at radius 3 is 2.23 bits per heavy atom. The van der Waals surface area contributed by atoms with E-state index in [-0.39, 0.29) is 0 Å². The van der Waals surface area contributed by atoms with Crippen LogP contribution in [0.5, 0.6) is 11.5 Å². The van der Waals surface area contributed by atoms with Crippen LogP contribution in [0.25, 0.3) is 10.8 Å². The Morgan fingerprint density at radius 2 is 1.53 bits per heavy atom. The lowest BCUT2D eigenvalue weighted by Gasteiger charge is -2.32. The van der Waals surface area contributed by atoms with Crippen molar-refractivity contribution in [2.24, 2.45) is 0 Å². The molecule has 152 valence electrons. The van der Waals surface area contributed by atoms with Crippen molar-refractivity contribution in [3.63, 3.8) is 0 Å². The molecule has 4 nitrogen and oxygen atoms in total. The first-order valence-corrected chi connectivity index (χ1v) is 10.2. The number of fused-ring (bicyclic) bond motifs is 1. The molecule has 0 aliphatic carbocycles. The van der Waals surface area contributed by atoms with Gasteiger partial charge in [0.1, 0.15) is 0 Å². The molecule has 1 N–H and O–H groups in total. The first-order valence-electron chi connectivity index (χ1n) is 10.2. The van der Waals surface area contributed by atoms with E-state index < -0.39 is 5.60 Å². The van der Waals surface area contributed by atoms with Crippen molar-refractivity contribution in [2.75, 3.05) is 13.2 Å². The van der Waals surface area contributed by atoms with Crippen molar-refractivity contribution >= 4 is 10.8 Å². The van der Waals surface area contributed by atoms with Crippen LogP contribution < -0.4 is 9.47 Å². The average Bonchev–Trinajstić information content (AvgIpc) is 2.80. The van der Waals surface area contributed by atoms with E-state index in [1.54, 1.807) is 6.20 Å². The van der Waals surface area contributed by atoms with Crippen LogP contribution in [0.3, 0.4) is 0 Å². The van der Waals surface area contributed by atoms with Crippen molar-refractivity contribution in [1.82, 2.24) is 4.98 Å². The van der Waals surface area contributed by atoms with Gasteiger partial charge in [0.05, 0.1) is 18.9 Å². The summed E-state index contributed by atoms with van der Waals surface area (Å²) in [7, 11) is 0. The minimum atomic E-state index is -1.53. The quantitative estimate of drug-likeness (QED) is 0.457. The molecule has 1 atom stereocenters. The topological polar surface area (TPSA) is 51.6 Å². The minimum Gasteiger partial charge on any atom is -0.490 e. The summed E-state index contributed by atoms with van der Waals surface area (Å²) in [6, 6.07) is 25.1. The Morgan fingerprint density at radius 1 is 0.833 bits per heavy atom. The second-order valence-electron chi connectivity index (χ2n) is 6.96. The highest BCUT2D eigenvalue weighted by molar-refractivity contribution is 5.92. The normalized spacial score (nSPS) is 13.0. The van der Waals surface area contributed by atoms with Gasteiger partial charge in [0.2, 0.25) is 0 Å². The number of hydrogen-bond donors (Lipinski definition) is 1. The van der Waals surface area contributed by atoms with E-state index in [1.165, 1.54) is 0 Å². The molecule has 0 spiro atoms. The summed E-state index contributed by atoms with van der Waals surface area (Å²) in [5.74, 6) is 1.15. The lowest BCUT2D eigenvalue weighted by molar-refractivity contribution is 0.117. The van der Waals surface area contributed by atoms with E-state index in [9.17, 15) is 5.11 Å². The van der Waals surface area contributed by atoms with E-state index in [0.717, 1.165) is 10.8 Å². The summed E-state index contributed by atoms with van der Waals surface area (Å²) in [6.45, 7) is 4.80. The van der Waals surface area contributed by atoms with Gasteiger partial charge >= 0.3 is 0 Å². The number of aliphatic hydroxyl groups is 1. The van der Waals surface area contributed by atoms with E-state index in [0.29, 0.717) is 41.5 Å². The molecule has 0 saturated heterocycles. The molecule has 1 heterocycles. The first kappa shape index (κ1) is 19.9. The SMILES string of the molecule is CCOc1cc2ccccc2c([C@@](O)(c2ccccc2)c2ccccn2)c1OCC. The fraction of sp³-hybridized carbons (Fsp3) is 0.192. The van der Waals surface area contributed by atoms with E-state index in [1.807, 2.05) is 92.7 Å². The van der Waals surface area contributed by atoms with Gasteiger partial charge < -0.3 is 14.6 Å². The third-order valence-electron chi connectivity index (χ3n) is 5.15. The molecule has 0 amide bonds. The molecule has 0 aliphatic rings. The summed E-state index contributed by atoms with van der Waals surface area (Å²) in [6.07, 6.45) is 1.69. The van der Waals surface area contributed by atoms with Crippen molar-refractivity contribution in [1.29, 1.82) is 0 Å². The molecule has 0 radical (unpaired) electrons. The summed E-state index contributed by atoms with van der Waals surface area (Å²) >= 11 is 0. The molecule has 4 rings (SSSR count). The second kappa shape index (κ2) is 8.56. The molecule has 3 aromatic carbocycles. The Kier molecular flexibility index (Phi) is 5.68. The average molecular weight is 399 g/mol. The predicted molar refractivity (Wildman–Crippen MR) is 119 cm³/mol. The highest BCUT2D eigenvalue weighted by Gasteiger charge is 2.40. The van der Waals surface area contributed by atoms with Crippen LogP contribution in [-0.4, -0.2) is 23.3 Å². The van der Waals surface area contributed by atoms with Gasteiger partial charge in [-0.25, -0.2) is 0 Å². The number of rotatable bonds is 7. The molecule has 0 bridgehead atoms. The highest BCUT2D eigenvalue weighted by Crippen LogP contribution is 2.48. The van der Waals surface area contributed by atoms with Crippen LogP contribution in [0.15, 0.2) is 85.1 Å². The second-order valence-corrected chi connectivity index (χ2v) is 6.96. The van der Waals surface area contributed by atoms with Crippen LogP contribution in [0, 0.1) is 0 Å². The largest absolute Gasteiger partial charge is 0.490 e. The maximum absolute atomic E-state index is 12.4. The van der Waals surface area contributed by atoms with Crippen molar-refractivity contribution in [2.45, 2.75) is 19.4 Å². The summed E-state index contributed by atoms with van der Waals surface area (Å²) in [5, 5.41) is 14.3. The van der Waals surface area contributed by atoms with Crippen molar-refractivity contribution < 1.29 is 14.6 Å². The molecule has 4 aromatic rings. The standard InChI is InChI=1S/C26H25NO3/c1-3-29-22-18-19-12-8-9-15-21(19)24(25(22)30-4-2)26(28,20-13-6-5-7-14-20)23-16-10-11-17-27-23/h5-18,28H,3-4H2,1-2H3/t26-/m1/s1. The predicted octanol–water partition coefficient (Wildman–Crippen LogP) is 5.32. The number of pyridine rings is 1. The lowest BCUT2D eigenvalue weighted by Crippen LogP contribution is -2.31. The van der Waals surface area contributed by atoms with Gasteiger partial charge in [-0.1, -0.05) is 60.7 Å². The van der Waals surface area contributed by atoms with Crippen LogP contribution >= 0.6 is 0 Å². The van der Waals surface area contributed by atoms with Gasteiger partial charge in [0.25, 0.3) is 0 Å². The van der Waals surface area contributed by atoms with Gasteiger partial charge in [-0.3, -0.25) is 4.98 Å². The first-order chi connectivity index (χ1) is 14.7. The highest BCUT2D eigenvalue weighted by atomic mass is 16.5. The van der Waals surface area contributed by atoms with Crippen LogP contribution in [-0.2, 0) is 5.60 Å².